The molecule has 1 fully saturated rings. The summed E-state index contributed by atoms with van der Waals surface area (Å²) in [7, 11) is 0. The molecular formula is C15H16BrNO2S. The fourth-order valence-electron chi connectivity index (χ4n) is 2.84. The Morgan fingerprint density at radius 1 is 1.35 bits per heavy atom. The van der Waals surface area contributed by atoms with Gasteiger partial charge in [0, 0.05) is 22.6 Å². The normalized spacial score (nSPS) is 23.1. The van der Waals surface area contributed by atoms with Crippen LogP contribution in [0, 0.1) is 5.92 Å². The first kappa shape index (κ1) is 14.2. The second kappa shape index (κ2) is 5.92. The van der Waals surface area contributed by atoms with Gasteiger partial charge in [-0.1, -0.05) is 15.9 Å². The van der Waals surface area contributed by atoms with Gasteiger partial charge in [-0.2, -0.15) is 0 Å². The smallest absolute Gasteiger partial charge is 0.151 e. The molecule has 1 heterocycles. The van der Waals surface area contributed by atoms with Crippen molar-refractivity contribution in [3.63, 3.8) is 0 Å². The van der Waals surface area contributed by atoms with Crippen molar-refractivity contribution in [1.29, 1.82) is 0 Å². The van der Waals surface area contributed by atoms with Crippen LogP contribution in [0.25, 0.3) is 10.2 Å². The first-order valence-corrected chi connectivity index (χ1v) is 8.48. The maximum absolute atomic E-state index is 11.0. The molecule has 2 aromatic rings. The standard InChI is InChI=1S/C15H16BrNO2S/c16-12-6-14-13(5-11(12)8-19)17-15(20-14)10-3-1-9(7-18)2-4-10/h5-6,8-10,18H,1-4,7H2/t9-,10-. The lowest BCUT2D eigenvalue weighted by atomic mass is 9.83. The lowest BCUT2D eigenvalue weighted by molar-refractivity contribution is 0.112. The molecule has 3 rings (SSSR count). The number of rotatable bonds is 3. The Hall–Kier alpha value is -0.780. The summed E-state index contributed by atoms with van der Waals surface area (Å²) in [6.45, 7) is 0.308. The fraction of sp³-hybridized carbons (Fsp3) is 0.467. The number of hydrogen-bond donors (Lipinski definition) is 1. The van der Waals surface area contributed by atoms with Crippen LogP contribution >= 0.6 is 27.3 Å². The third kappa shape index (κ3) is 2.67. The predicted molar refractivity (Wildman–Crippen MR) is 84.5 cm³/mol. The first-order chi connectivity index (χ1) is 9.71. The van der Waals surface area contributed by atoms with Gasteiger partial charge in [0.1, 0.15) is 0 Å². The lowest BCUT2D eigenvalue weighted by Crippen LogP contribution is -2.15. The highest BCUT2D eigenvalue weighted by Gasteiger charge is 2.24. The maximum atomic E-state index is 11.0. The first-order valence-electron chi connectivity index (χ1n) is 6.87. The number of hydrogen-bond acceptors (Lipinski definition) is 4. The van der Waals surface area contributed by atoms with Gasteiger partial charge in [0.2, 0.25) is 0 Å². The third-order valence-corrected chi connectivity index (χ3v) is 5.97. The van der Waals surface area contributed by atoms with Crippen LogP contribution in [0.5, 0.6) is 0 Å². The van der Waals surface area contributed by atoms with Crippen LogP contribution in [-0.4, -0.2) is 23.0 Å². The molecule has 3 nitrogen and oxygen atoms in total. The van der Waals surface area contributed by atoms with Gasteiger partial charge < -0.3 is 5.11 Å². The number of aldehydes is 1. The van der Waals surface area contributed by atoms with Crippen molar-refractivity contribution >= 4 is 43.8 Å². The van der Waals surface area contributed by atoms with Gasteiger partial charge in [-0.3, -0.25) is 4.79 Å². The van der Waals surface area contributed by atoms with E-state index >= 15 is 0 Å². The Labute approximate surface area is 130 Å². The summed E-state index contributed by atoms with van der Waals surface area (Å²) in [6.07, 6.45) is 5.23. The number of nitrogens with zero attached hydrogens (tertiary/aromatic N) is 1. The van der Waals surface area contributed by atoms with Gasteiger partial charge >= 0.3 is 0 Å². The topological polar surface area (TPSA) is 50.2 Å². The summed E-state index contributed by atoms with van der Waals surface area (Å²) in [5, 5.41) is 10.4. The van der Waals surface area contributed by atoms with E-state index in [2.05, 4.69) is 15.9 Å². The minimum absolute atomic E-state index is 0.308. The fourth-order valence-corrected chi connectivity index (χ4v) is 4.59. The van der Waals surface area contributed by atoms with Crippen LogP contribution in [-0.2, 0) is 0 Å². The molecule has 1 N–H and O–H groups in total. The van der Waals surface area contributed by atoms with E-state index in [1.54, 1.807) is 11.3 Å². The molecule has 0 atom stereocenters. The zero-order chi connectivity index (χ0) is 14.1. The number of carbonyl (C=O) groups excluding carboxylic acids is 1. The van der Waals surface area contributed by atoms with Gasteiger partial charge in [0.25, 0.3) is 0 Å². The number of aliphatic hydroxyl groups excluding tert-OH is 1. The van der Waals surface area contributed by atoms with Gasteiger partial charge in [-0.15, -0.1) is 11.3 Å². The SMILES string of the molecule is O=Cc1cc2nc([C@H]3CC[C@H](CO)CC3)sc2cc1Br. The summed E-state index contributed by atoms with van der Waals surface area (Å²) in [6, 6.07) is 3.84. The maximum Gasteiger partial charge on any atom is 0.151 e. The van der Waals surface area contributed by atoms with E-state index in [1.165, 1.54) is 5.01 Å². The number of carbonyl (C=O) groups is 1. The predicted octanol–water partition coefficient (Wildman–Crippen LogP) is 4.14. The van der Waals surface area contributed by atoms with Gasteiger partial charge in [-0.05, 0) is 43.7 Å². The molecule has 1 aliphatic rings. The Kier molecular flexibility index (Phi) is 4.19. The van der Waals surface area contributed by atoms with Crippen molar-refractivity contribution < 1.29 is 9.90 Å². The average Bonchev–Trinajstić information content (AvgIpc) is 2.89. The van der Waals surface area contributed by atoms with Crippen molar-refractivity contribution in [1.82, 2.24) is 4.98 Å². The Morgan fingerprint density at radius 2 is 2.10 bits per heavy atom. The molecule has 0 bridgehead atoms. The summed E-state index contributed by atoms with van der Waals surface area (Å²) >= 11 is 5.15. The van der Waals surface area contributed by atoms with E-state index < -0.39 is 0 Å². The van der Waals surface area contributed by atoms with E-state index in [4.69, 9.17) is 4.98 Å². The van der Waals surface area contributed by atoms with E-state index in [1.807, 2.05) is 12.1 Å². The number of aromatic nitrogens is 1. The highest BCUT2D eigenvalue weighted by atomic mass is 79.9. The minimum atomic E-state index is 0.308. The van der Waals surface area contributed by atoms with Crippen molar-refractivity contribution in [3.8, 4) is 0 Å². The minimum Gasteiger partial charge on any atom is -0.396 e. The van der Waals surface area contributed by atoms with Crippen molar-refractivity contribution in [2.45, 2.75) is 31.6 Å². The molecule has 0 unspecified atom stereocenters. The molecule has 1 aromatic carbocycles. The molecule has 20 heavy (non-hydrogen) atoms. The van der Waals surface area contributed by atoms with Crippen LogP contribution < -0.4 is 0 Å². The number of thiazole rings is 1. The highest BCUT2D eigenvalue weighted by Crippen LogP contribution is 2.39. The largest absolute Gasteiger partial charge is 0.396 e. The molecular weight excluding hydrogens is 338 g/mol. The summed E-state index contributed by atoms with van der Waals surface area (Å²) < 4.78 is 1.96. The van der Waals surface area contributed by atoms with E-state index in [0.717, 1.165) is 46.7 Å². The second-order valence-corrected chi connectivity index (χ2v) is 7.33. The number of aliphatic hydroxyl groups is 1. The van der Waals surface area contributed by atoms with E-state index in [0.29, 0.717) is 24.0 Å². The average molecular weight is 354 g/mol. The number of fused-ring (bicyclic) bond motifs is 1. The summed E-state index contributed by atoms with van der Waals surface area (Å²) in [5.74, 6) is 0.977. The molecule has 5 heteroatoms. The van der Waals surface area contributed by atoms with Gasteiger partial charge in [0.05, 0.1) is 15.2 Å². The van der Waals surface area contributed by atoms with E-state index in [-0.39, 0.29) is 0 Å². The third-order valence-electron chi connectivity index (χ3n) is 4.10. The van der Waals surface area contributed by atoms with Crippen molar-refractivity contribution in [2.24, 2.45) is 5.92 Å². The second-order valence-electron chi connectivity index (χ2n) is 5.41. The highest BCUT2D eigenvalue weighted by molar-refractivity contribution is 9.10. The molecule has 0 spiro atoms. The monoisotopic (exact) mass is 353 g/mol. The molecule has 0 saturated heterocycles. The molecule has 0 radical (unpaired) electrons. The molecule has 1 saturated carbocycles. The van der Waals surface area contributed by atoms with Crippen molar-refractivity contribution in [2.75, 3.05) is 6.61 Å². The van der Waals surface area contributed by atoms with Crippen LogP contribution in [0.3, 0.4) is 0 Å². The molecule has 106 valence electrons. The molecule has 0 aliphatic heterocycles. The summed E-state index contributed by atoms with van der Waals surface area (Å²) in [4.78, 5) is 15.7. The lowest BCUT2D eigenvalue weighted by Gasteiger charge is -2.25. The molecule has 0 amide bonds. The zero-order valence-corrected chi connectivity index (χ0v) is 13.4. The van der Waals surface area contributed by atoms with Crippen LogP contribution in [0.2, 0.25) is 0 Å². The molecule has 1 aromatic heterocycles. The van der Waals surface area contributed by atoms with Crippen molar-refractivity contribution in [3.05, 3.63) is 27.2 Å². The Bertz CT molecular complexity index is 632. The number of halogens is 1. The van der Waals surface area contributed by atoms with Gasteiger partial charge in [0.15, 0.2) is 6.29 Å². The van der Waals surface area contributed by atoms with Gasteiger partial charge in [-0.25, -0.2) is 4.98 Å². The quantitative estimate of drug-likeness (QED) is 0.843. The van der Waals surface area contributed by atoms with E-state index in [9.17, 15) is 9.90 Å². The number of benzene rings is 1. The van der Waals surface area contributed by atoms with Crippen LogP contribution in [0.1, 0.15) is 47.0 Å². The zero-order valence-electron chi connectivity index (χ0n) is 11.0. The Morgan fingerprint density at radius 3 is 2.75 bits per heavy atom. The Balaban J connectivity index is 1.88. The summed E-state index contributed by atoms with van der Waals surface area (Å²) in [5.41, 5.74) is 1.57. The van der Waals surface area contributed by atoms with Crippen LogP contribution in [0.15, 0.2) is 16.6 Å². The van der Waals surface area contributed by atoms with Crippen LogP contribution in [0.4, 0.5) is 0 Å². The molecule has 1 aliphatic carbocycles.